The predicted octanol–water partition coefficient (Wildman–Crippen LogP) is 4.28. The van der Waals surface area contributed by atoms with E-state index in [1.165, 1.54) is 10.5 Å². The van der Waals surface area contributed by atoms with Crippen LogP contribution in [0.15, 0.2) is 58.3 Å². The quantitative estimate of drug-likeness (QED) is 0.657. The predicted molar refractivity (Wildman–Crippen MR) is 78.6 cm³/mol. The van der Waals surface area contributed by atoms with Crippen LogP contribution in [-0.2, 0) is 5.75 Å². The SMILES string of the molecule is CSc1ccc(CSc2ccccc2N)cc1. The molecule has 0 aromatic heterocycles. The van der Waals surface area contributed by atoms with Crippen molar-refractivity contribution in [3.63, 3.8) is 0 Å². The molecule has 0 saturated heterocycles. The Bertz CT molecular complexity index is 480. The standard InChI is InChI=1S/C14H15NS2/c1-16-12-8-6-11(7-9-12)10-17-14-5-3-2-4-13(14)15/h2-9H,10,15H2,1H3. The van der Waals surface area contributed by atoms with Crippen LogP contribution in [0.3, 0.4) is 0 Å². The molecule has 2 aromatic rings. The van der Waals surface area contributed by atoms with E-state index in [0.29, 0.717) is 0 Å². The Hall–Kier alpha value is -1.06. The molecular formula is C14H15NS2. The van der Waals surface area contributed by atoms with Gasteiger partial charge in [-0.05, 0) is 36.1 Å². The zero-order valence-corrected chi connectivity index (χ0v) is 11.4. The van der Waals surface area contributed by atoms with Gasteiger partial charge in [0.05, 0.1) is 0 Å². The van der Waals surface area contributed by atoms with E-state index in [1.807, 2.05) is 18.2 Å². The molecule has 2 aromatic carbocycles. The van der Waals surface area contributed by atoms with Crippen molar-refractivity contribution >= 4 is 29.2 Å². The summed E-state index contributed by atoms with van der Waals surface area (Å²) in [7, 11) is 0. The van der Waals surface area contributed by atoms with Crippen molar-refractivity contribution in [3.05, 3.63) is 54.1 Å². The Morgan fingerprint density at radius 3 is 2.35 bits per heavy atom. The van der Waals surface area contributed by atoms with Crippen LogP contribution in [0.4, 0.5) is 5.69 Å². The zero-order valence-electron chi connectivity index (χ0n) is 9.72. The number of nitrogen functional groups attached to an aromatic ring is 1. The van der Waals surface area contributed by atoms with Crippen LogP contribution in [0, 0.1) is 0 Å². The topological polar surface area (TPSA) is 26.0 Å². The number of benzene rings is 2. The van der Waals surface area contributed by atoms with Gasteiger partial charge in [0.1, 0.15) is 0 Å². The van der Waals surface area contributed by atoms with Crippen molar-refractivity contribution in [2.24, 2.45) is 0 Å². The van der Waals surface area contributed by atoms with Gasteiger partial charge in [-0.2, -0.15) is 0 Å². The van der Waals surface area contributed by atoms with Crippen molar-refractivity contribution in [1.82, 2.24) is 0 Å². The van der Waals surface area contributed by atoms with Crippen molar-refractivity contribution in [3.8, 4) is 0 Å². The normalized spacial score (nSPS) is 10.4. The fourth-order valence-electron chi connectivity index (χ4n) is 1.49. The monoisotopic (exact) mass is 261 g/mol. The average molecular weight is 261 g/mol. The van der Waals surface area contributed by atoms with Gasteiger partial charge < -0.3 is 5.73 Å². The average Bonchev–Trinajstić information content (AvgIpc) is 2.38. The van der Waals surface area contributed by atoms with E-state index < -0.39 is 0 Å². The minimum atomic E-state index is 0.859. The molecule has 88 valence electrons. The molecule has 0 aliphatic heterocycles. The lowest BCUT2D eigenvalue weighted by atomic mass is 10.2. The lowest BCUT2D eigenvalue weighted by molar-refractivity contribution is 1.34. The van der Waals surface area contributed by atoms with E-state index in [-0.39, 0.29) is 0 Å². The van der Waals surface area contributed by atoms with E-state index in [1.54, 1.807) is 23.5 Å². The van der Waals surface area contributed by atoms with Crippen molar-refractivity contribution in [2.75, 3.05) is 12.0 Å². The second-order valence-corrected chi connectivity index (χ2v) is 5.57. The molecule has 0 fully saturated rings. The van der Waals surface area contributed by atoms with Gasteiger partial charge in [0.2, 0.25) is 0 Å². The molecular weight excluding hydrogens is 246 g/mol. The summed E-state index contributed by atoms with van der Waals surface area (Å²) in [6.45, 7) is 0. The van der Waals surface area contributed by atoms with Gasteiger partial charge in [-0.3, -0.25) is 0 Å². The van der Waals surface area contributed by atoms with Crippen molar-refractivity contribution in [2.45, 2.75) is 15.5 Å². The molecule has 0 spiro atoms. The third-order valence-corrected chi connectivity index (χ3v) is 4.38. The van der Waals surface area contributed by atoms with Crippen LogP contribution >= 0.6 is 23.5 Å². The highest BCUT2D eigenvalue weighted by Gasteiger charge is 1.99. The molecule has 17 heavy (non-hydrogen) atoms. The van der Waals surface area contributed by atoms with Crippen LogP contribution < -0.4 is 5.73 Å². The number of anilines is 1. The third kappa shape index (κ3) is 3.45. The number of thioether (sulfide) groups is 2. The van der Waals surface area contributed by atoms with Crippen LogP contribution in [0.2, 0.25) is 0 Å². The molecule has 0 amide bonds. The van der Waals surface area contributed by atoms with Gasteiger partial charge in [0.25, 0.3) is 0 Å². The number of hydrogen-bond acceptors (Lipinski definition) is 3. The summed E-state index contributed by atoms with van der Waals surface area (Å²) < 4.78 is 0. The van der Waals surface area contributed by atoms with E-state index in [0.717, 1.165) is 16.3 Å². The van der Waals surface area contributed by atoms with E-state index in [4.69, 9.17) is 5.73 Å². The van der Waals surface area contributed by atoms with E-state index in [9.17, 15) is 0 Å². The molecule has 2 rings (SSSR count). The number of rotatable bonds is 4. The van der Waals surface area contributed by atoms with Crippen LogP contribution in [-0.4, -0.2) is 6.26 Å². The summed E-state index contributed by atoms with van der Waals surface area (Å²) in [5.74, 6) is 0.961. The summed E-state index contributed by atoms with van der Waals surface area (Å²) >= 11 is 3.55. The minimum Gasteiger partial charge on any atom is -0.398 e. The fourth-order valence-corrected chi connectivity index (χ4v) is 2.83. The highest BCUT2D eigenvalue weighted by Crippen LogP contribution is 2.28. The number of hydrogen-bond donors (Lipinski definition) is 1. The summed E-state index contributed by atoms with van der Waals surface area (Å²) in [5, 5.41) is 0. The van der Waals surface area contributed by atoms with Gasteiger partial charge in [-0.1, -0.05) is 24.3 Å². The van der Waals surface area contributed by atoms with Crippen LogP contribution in [0.1, 0.15) is 5.56 Å². The highest BCUT2D eigenvalue weighted by molar-refractivity contribution is 7.99. The maximum absolute atomic E-state index is 5.91. The van der Waals surface area contributed by atoms with Crippen molar-refractivity contribution in [1.29, 1.82) is 0 Å². The summed E-state index contributed by atoms with van der Waals surface area (Å²) in [6.07, 6.45) is 2.09. The first-order valence-electron chi connectivity index (χ1n) is 5.40. The lowest BCUT2D eigenvalue weighted by Crippen LogP contribution is -1.88. The molecule has 1 nitrogen and oxygen atoms in total. The Morgan fingerprint density at radius 2 is 1.71 bits per heavy atom. The first kappa shape index (κ1) is 12.4. The molecule has 0 aliphatic rings. The van der Waals surface area contributed by atoms with E-state index in [2.05, 4.69) is 36.6 Å². The number of nitrogens with two attached hydrogens (primary N) is 1. The maximum Gasteiger partial charge on any atom is 0.0452 e. The molecule has 0 aliphatic carbocycles. The third-order valence-electron chi connectivity index (χ3n) is 2.47. The Labute approximate surface area is 111 Å². The second kappa shape index (κ2) is 6.03. The Morgan fingerprint density at radius 1 is 1.00 bits per heavy atom. The largest absolute Gasteiger partial charge is 0.398 e. The van der Waals surface area contributed by atoms with Gasteiger partial charge in [0.15, 0.2) is 0 Å². The molecule has 0 saturated carbocycles. The number of para-hydroxylation sites is 1. The molecule has 0 bridgehead atoms. The molecule has 0 radical (unpaired) electrons. The summed E-state index contributed by atoms with van der Waals surface area (Å²) in [4.78, 5) is 2.46. The Kier molecular flexibility index (Phi) is 4.40. The van der Waals surface area contributed by atoms with Crippen LogP contribution in [0.5, 0.6) is 0 Å². The minimum absolute atomic E-state index is 0.859. The van der Waals surface area contributed by atoms with Crippen LogP contribution in [0.25, 0.3) is 0 Å². The molecule has 2 N–H and O–H groups in total. The van der Waals surface area contributed by atoms with Gasteiger partial charge >= 0.3 is 0 Å². The highest BCUT2D eigenvalue weighted by atomic mass is 32.2. The lowest BCUT2D eigenvalue weighted by Gasteiger charge is -2.05. The zero-order chi connectivity index (χ0) is 12.1. The second-order valence-electron chi connectivity index (χ2n) is 3.67. The molecule has 0 atom stereocenters. The smallest absolute Gasteiger partial charge is 0.0452 e. The van der Waals surface area contributed by atoms with Gasteiger partial charge in [-0.15, -0.1) is 23.5 Å². The maximum atomic E-state index is 5.91. The summed E-state index contributed by atoms with van der Waals surface area (Å²) in [5.41, 5.74) is 8.10. The van der Waals surface area contributed by atoms with Gasteiger partial charge in [-0.25, -0.2) is 0 Å². The van der Waals surface area contributed by atoms with Gasteiger partial charge in [0, 0.05) is 21.2 Å². The fraction of sp³-hybridized carbons (Fsp3) is 0.143. The first-order valence-corrected chi connectivity index (χ1v) is 7.61. The first-order chi connectivity index (χ1) is 8.29. The van der Waals surface area contributed by atoms with Crippen molar-refractivity contribution < 1.29 is 0 Å². The summed E-state index contributed by atoms with van der Waals surface area (Å²) in [6, 6.07) is 16.7. The molecule has 0 heterocycles. The molecule has 3 heteroatoms. The Balaban J connectivity index is 2.00. The van der Waals surface area contributed by atoms with E-state index >= 15 is 0 Å². The molecule has 0 unspecified atom stereocenters.